The van der Waals surface area contributed by atoms with Crippen LogP contribution in [0, 0.1) is 0 Å². The van der Waals surface area contributed by atoms with Gasteiger partial charge in [0.05, 0.1) is 11.1 Å². The van der Waals surface area contributed by atoms with E-state index >= 15 is 0 Å². The van der Waals surface area contributed by atoms with Gasteiger partial charge < -0.3 is 9.52 Å². The highest BCUT2D eigenvalue weighted by molar-refractivity contribution is 5.89. The van der Waals surface area contributed by atoms with E-state index in [4.69, 9.17) is 9.52 Å². The second-order valence-electron chi connectivity index (χ2n) is 3.45. The minimum absolute atomic E-state index is 0.110. The van der Waals surface area contributed by atoms with Crippen LogP contribution in [0.25, 0.3) is 22.5 Å². The molecule has 0 aliphatic carbocycles. The zero-order chi connectivity index (χ0) is 12.5. The van der Waals surface area contributed by atoms with Crippen molar-refractivity contribution >= 4 is 17.0 Å². The van der Waals surface area contributed by atoms with Crippen LogP contribution in [-0.4, -0.2) is 31.2 Å². The number of para-hydroxylation sites is 1. The van der Waals surface area contributed by atoms with Crippen molar-refractivity contribution in [2.45, 2.75) is 0 Å². The van der Waals surface area contributed by atoms with Crippen molar-refractivity contribution in [3.8, 4) is 11.5 Å². The van der Waals surface area contributed by atoms with E-state index in [-0.39, 0.29) is 5.89 Å². The molecule has 1 N–H and O–H groups in total. The van der Waals surface area contributed by atoms with Gasteiger partial charge in [0.15, 0.2) is 0 Å². The maximum Gasteiger partial charge on any atom is 0.393 e. The van der Waals surface area contributed by atoms with Gasteiger partial charge in [-0.25, -0.2) is 4.79 Å². The van der Waals surface area contributed by atoms with E-state index in [9.17, 15) is 4.79 Å². The van der Waals surface area contributed by atoms with Crippen molar-refractivity contribution in [1.29, 1.82) is 0 Å². The van der Waals surface area contributed by atoms with Crippen molar-refractivity contribution < 1.29 is 14.3 Å². The quantitative estimate of drug-likeness (QED) is 0.723. The first-order valence-corrected chi connectivity index (χ1v) is 5.02. The third-order valence-electron chi connectivity index (χ3n) is 2.34. The first kappa shape index (κ1) is 10.3. The average Bonchev–Trinajstić information content (AvgIpc) is 2.87. The summed E-state index contributed by atoms with van der Waals surface area (Å²) in [5.74, 6) is -1.61. The molecule has 3 rings (SSSR count). The summed E-state index contributed by atoms with van der Waals surface area (Å²) in [6.45, 7) is 0. The van der Waals surface area contributed by atoms with Crippen LogP contribution in [0.3, 0.4) is 0 Å². The lowest BCUT2D eigenvalue weighted by atomic mass is 10.2. The number of hydrogen-bond acceptors (Lipinski definition) is 6. The van der Waals surface area contributed by atoms with Crippen LogP contribution in [-0.2, 0) is 0 Å². The molecule has 0 unspecified atom stereocenters. The Kier molecular flexibility index (Phi) is 2.23. The monoisotopic (exact) mass is 242 g/mol. The molecule has 0 fully saturated rings. The van der Waals surface area contributed by atoms with Crippen LogP contribution in [0.5, 0.6) is 0 Å². The van der Waals surface area contributed by atoms with Gasteiger partial charge in [0.25, 0.3) is 5.89 Å². The SMILES string of the molecule is O=C(O)c1nnc(-c2cccc3nccnc23)o1. The van der Waals surface area contributed by atoms with Gasteiger partial charge in [0.2, 0.25) is 0 Å². The van der Waals surface area contributed by atoms with Gasteiger partial charge in [-0.2, -0.15) is 0 Å². The Morgan fingerprint density at radius 2 is 2.00 bits per heavy atom. The second kappa shape index (κ2) is 3.88. The largest absolute Gasteiger partial charge is 0.474 e. The van der Waals surface area contributed by atoms with Crippen molar-refractivity contribution in [3.05, 3.63) is 36.5 Å². The number of carbonyl (C=O) groups is 1. The summed E-state index contributed by atoms with van der Waals surface area (Å²) < 4.78 is 5.05. The molecule has 0 bridgehead atoms. The Morgan fingerprint density at radius 3 is 2.78 bits per heavy atom. The summed E-state index contributed by atoms with van der Waals surface area (Å²) in [7, 11) is 0. The van der Waals surface area contributed by atoms with E-state index in [1.165, 1.54) is 0 Å². The molecule has 0 aliphatic heterocycles. The van der Waals surface area contributed by atoms with Crippen LogP contribution < -0.4 is 0 Å². The normalized spacial score (nSPS) is 10.7. The van der Waals surface area contributed by atoms with Gasteiger partial charge in [-0.05, 0) is 12.1 Å². The summed E-state index contributed by atoms with van der Waals surface area (Å²) in [4.78, 5) is 19.0. The molecule has 2 heterocycles. The first-order valence-electron chi connectivity index (χ1n) is 5.02. The number of aromatic nitrogens is 4. The fourth-order valence-electron chi connectivity index (χ4n) is 1.58. The van der Waals surface area contributed by atoms with Crippen molar-refractivity contribution in [1.82, 2.24) is 20.2 Å². The Bertz CT molecular complexity index is 732. The predicted octanol–water partition coefficient (Wildman–Crippen LogP) is 1.38. The second-order valence-corrected chi connectivity index (χ2v) is 3.45. The van der Waals surface area contributed by atoms with Gasteiger partial charge in [-0.1, -0.05) is 6.07 Å². The van der Waals surface area contributed by atoms with Crippen LogP contribution in [0.4, 0.5) is 0 Å². The average molecular weight is 242 g/mol. The smallest absolute Gasteiger partial charge is 0.393 e. The van der Waals surface area contributed by atoms with E-state index in [0.29, 0.717) is 16.6 Å². The molecule has 3 aromatic rings. The molecule has 0 amide bonds. The minimum atomic E-state index is -1.26. The standard InChI is InChI=1S/C11H6N4O3/c16-11(17)10-15-14-9(18-10)6-2-1-3-7-8(6)13-5-4-12-7/h1-5H,(H,16,17). The van der Waals surface area contributed by atoms with Crippen LogP contribution in [0.1, 0.15) is 10.7 Å². The number of aromatic carboxylic acids is 1. The molecule has 0 saturated heterocycles. The molecule has 1 aromatic carbocycles. The summed E-state index contributed by atoms with van der Waals surface area (Å²) in [5.41, 5.74) is 1.81. The maximum absolute atomic E-state index is 10.7. The molecule has 18 heavy (non-hydrogen) atoms. The highest BCUT2D eigenvalue weighted by atomic mass is 16.4. The Hall–Kier alpha value is -2.83. The number of carboxylic acid groups (broad SMARTS) is 1. The molecule has 0 saturated carbocycles. The maximum atomic E-state index is 10.7. The third-order valence-corrected chi connectivity index (χ3v) is 2.34. The highest BCUT2D eigenvalue weighted by Crippen LogP contribution is 2.24. The minimum Gasteiger partial charge on any atom is -0.474 e. The Balaban J connectivity index is 2.21. The zero-order valence-electron chi connectivity index (χ0n) is 8.94. The van der Waals surface area contributed by atoms with E-state index in [1.807, 2.05) is 0 Å². The molecule has 0 spiro atoms. The van der Waals surface area contributed by atoms with E-state index in [2.05, 4.69) is 20.2 Å². The van der Waals surface area contributed by atoms with E-state index in [1.54, 1.807) is 30.6 Å². The third kappa shape index (κ3) is 1.58. The summed E-state index contributed by atoms with van der Waals surface area (Å²) in [6, 6.07) is 5.27. The highest BCUT2D eigenvalue weighted by Gasteiger charge is 2.16. The molecule has 0 atom stereocenters. The summed E-state index contributed by atoms with van der Waals surface area (Å²) in [6.07, 6.45) is 3.11. The van der Waals surface area contributed by atoms with Gasteiger partial charge >= 0.3 is 11.9 Å². The van der Waals surface area contributed by atoms with Gasteiger partial charge in [0, 0.05) is 12.4 Å². The lowest BCUT2D eigenvalue weighted by Crippen LogP contribution is -1.95. The van der Waals surface area contributed by atoms with Crippen molar-refractivity contribution in [3.63, 3.8) is 0 Å². The molecule has 0 aliphatic rings. The van der Waals surface area contributed by atoms with Gasteiger partial charge in [-0.3, -0.25) is 9.97 Å². The number of carboxylic acids is 1. The first-order chi connectivity index (χ1) is 8.75. The van der Waals surface area contributed by atoms with Gasteiger partial charge in [-0.15, -0.1) is 10.2 Å². The van der Waals surface area contributed by atoms with E-state index < -0.39 is 11.9 Å². The van der Waals surface area contributed by atoms with Crippen LogP contribution in [0.15, 0.2) is 35.0 Å². The zero-order valence-corrected chi connectivity index (χ0v) is 8.94. The van der Waals surface area contributed by atoms with Crippen molar-refractivity contribution in [2.75, 3.05) is 0 Å². The fraction of sp³-hybridized carbons (Fsp3) is 0. The van der Waals surface area contributed by atoms with Gasteiger partial charge in [0.1, 0.15) is 5.52 Å². The number of benzene rings is 1. The van der Waals surface area contributed by atoms with E-state index in [0.717, 1.165) is 0 Å². The molecular weight excluding hydrogens is 236 g/mol. The number of nitrogens with zero attached hydrogens (tertiary/aromatic N) is 4. The Labute approximate surface area is 100 Å². The topological polar surface area (TPSA) is 102 Å². The lowest BCUT2D eigenvalue weighted by molar-refractivity contribution is 0.0654. The fourth-order valence-corrected chi connectivity index (χ4v) is 1.58. The molecule has 88 valence electrons. The molecular formula is C11H6N4O3. The summed E-state index contributed by atoms with van der Waals surface area (Å²) in [5, 5.41) is 15.9. The number of rotatable bonds is 2. The Morgan fingerprint density at radius 1 is 1.17 bits per heavy atom. The molecule has 7 nitrogen and oxygen atoms in total. The van der Waals surface area contributed by atoms with Crippen LogP contribution >= 0.6 is 0 Å². The molecule has 7 heteroatoms. The molecule has 0 radical (unpaired) electrons. The lowest BCUT2D eigenvalue weighted by Gasteiger charge is -1.99. The summed E-state index contributed by atoms with van der Waals surface area (Å²) >= 11 is 0. The number of hydrogen-bond donors (Lipinski definition) is 1. The molecule has 2 aromatic heterocycles. The number of fused-ring (bicyclic) bond motifs is 1. The van der Waals surface area contributed by atoms with Crippen LogP contribution in [0.2, 0.25) is 0 Å². The predicted molar refractivity (Wildman–Crippen MR) is 59.8 cm³/mol. The van der Waals surface area contributed by atoms with Crippen molar-refractivity contribution in [2.24, 2.45) is 0 Å².